The smallest absolute Gasteiger partial charge is 0.264 e. The molecule has 90 valence electrons. The molecule has 1 N–H and O–H groups in total. The van der Waals surface area contributed by atoms with Crippen molar-refractivity contribution < 1.29 is 4.92 Å². The van der Waals surface area contributed by atoms with Gasteiger partial charge in [-0.15, -0.1) is 0 Å². The molecule has 0 aliphatic heterocycles. The predicted molar refractivity (Wildman–Crippen MR) is 66.3 cm³/mol. The molecule has 0 aliphatic carbocycles. The molecule has 7 heteroatoms. The van der Waals surface area contributed by atoms with Crippen LogP contribution in [-0.2, 0) is 0 Å². The second-order valence-corrected chi connectivity index (χ2v) is 3.28. The molecule has 2 rings (SSSR count). The third kappa shape index (κ3) is 2.85. The van der Waals surface area contributed by atoms with E-state index in [9.17, 15) is 10.1 Å². The molecule has 0 aliphatic rings. The largest absolute Gasteiger partial charge is 0.313 e. The van der Waals surface area contributed by atoms with Crippen molar-refractivity contribution in [3.05, 3.63) is 58.5 Å². The molecule has 18 heavy (non-hydrogen) atoms. The van der Waals surface area contributed by atoms with Gasteiger partial charge in [-0.05, 0) is 12.1 Å². The Kier molecular flexibility index (Phi) is 3.55. The molecule has 0 radical (unpaired) electrons. The lowest BCUT2D eigenvalue weighted by atomic mass is 10.3. The summed E-state index contributed by atoms with van der Waals surface area (Å²) in [5.74, 6) is 0.0997. The molecule has 2 aromatic heterocycles. The zero-order valence-corrected chi connectivity index (χ0v) is 9.22. The summed E-state index contributed by atoms with van der Waals surface area (Å²) in [7, 11) is 0. The number of hydrazone groups is 1. The lowest BCUT2D eigenvalue weighted by molar-refractivity contribution is -0.384. The molecule has 0 amide bonds. The van der Waals surface area contributed by atoms with Gasteiger partial charge in [0.25, 0.3) is 0 Å². The van der Waals surface area contributed by atoms with Crippen molar-refractivity contribution in [3.8, 4) is 0 Å². The minimum atomic E-state index is -0.519. The van der Waals surface area contributed by atoms with Crippen LogP contribution in [0.1, 0.15) is 5.56 Å². The number of nitrogens with zero attached hydrogens (tertiary/aromatic N) is 4. The number of hydrogen-bond donors (Lipinski definition) is 1. The molecule has 0 unspecified atom stereocenters. The highest BCUT2D eigenvalue weighted by Gasteiger charge is 2.12. The van der Waals surface area contributed by atoms with Crippen molar-refractivity contribution in [2.24, 2.45) is 5.10 Å². The minimum absolute atomic E-state index is 0.0997. The van der Waals surface area contributed by atoms with E-state index in [1.807, 2.05) is 6.07 Å². The summed E-state index contributed by atoms with van der Waals surface area (Å²) in [5, 5.41) is 14.6. The first kappa shape index (κ1) is 11.6. The van der Waals surface area contributed by atoms with E-state index < -0.39 is 4.92 Å². The van der Waals surface area contributed by atoms with Crippen LogP contribution >= 0.6 is 0 Å². The number of anilines is 1. The van der Waals surface area contributed by atoms with Gasteiger partial charge in [-0.1, -0.05) is 6.07 Å². The molecule has 0 fully saturated rings. The molecular formula is C11H9N5O2. The summed E-state index contributed by atoms with van der Waals surface area (Å²) in [5.41, 5.74) is 3.19. The lowest BCUT2D eigenvalue weighted by Crippen LogP contribution is -1.98. The van der Waals surface area contributed by atoms with Crippen molar-refractivity contribution in [1.82, 2.24) is 9.97 Å². The maximum Gasteiger partial charge on any atom is 0.313 e. The van der Waals surface area contributed by atoms with Crippen LogP contribution < -0.4 is 5.43 Å². The zero-order valence-electron chi connectivity index (χ0n) is 9.22. The normalized spacial score (nSPS) is 10.4. The molecular weight excluding hydrogens is 234 g/mol. The first-order valence-electron chi connectivity index (χ1n) is 5.06. The third-order valence-electron chi connectivity index (χ3n) is 2.05. The van der Waals surface area contributed by atoms with Crippen molar-refractivity contribution in [2.45, 2.75) is 0 Å². The van der Waals surface area contributed by atoms with Crippen molar-refractivity contribution in [2.75, 3.05) is 5.43 Å². The standard InChI is InChI=1S/C11H9N5O2/c17-16(18)10-4-2-6-13-11(10)15-14-8-9-3-1-5-12-7-9/h1-8H,(H,13,15)/b14-8+. The van der Waals surface area contributed by atoms with E-state index in [0.29, 0.717) is 0 Å². The SMILES string of the molecule is O=[N+]([O-])c1cccnc1N/N=C/c1cccnc1. The van der Waals surface area contributed by atoms with Gasteiger partial charge >= 0.3 is 5.69 Å². The van der Waals surface area contributed by atoms with Gasteiger partial charge in [-0.3, -0.25) is 20.5 Å². The van der Waals surface area contributed by atoms with E-state index >= 15 is 0 Å². The fourth-order valence-corrected chi connectivity index (χ4v) is 1.25. The number of nitro groups is 1. The van der Waals surface area contributed by atoms with Crippen molar-refractivity contribution in [1.29, 1.82) is 0 Å². The second kappa shape index (κ2) is 5.48. The molecule has 0 saturated heterocycles. The van der Waals surface area contributed by atoms with E-state index in [-0.39, 0.29) is 11.5 Å². The molecule has 2 heterocycles. The van der Waals surface area contributed by atoms with Gasteiger partial charge in [-0.2, -0.15) is 5.10 Å². The fraction of sp³-hybridized carbons (Fsp3) is 0. The average molecular weight is 243 g/mol. The Balaban J connectivity index is 2.11. The Morgan fingerprint density at radius 3 is 2.89 bits per heavy atom. The Morgan fingerprint density at radius 2 is 2.17 bits per heavy atom. The molecule has 0 aromatic carbocycles. The maximum atomic E-state index is 10.7. The van der Waals surface area contributed by atoms with Gasteiger partial charge in [-0.25, -0.2) is 4.98 Å². The average Bonchev–Trinajstić information content (AvgIpc) is 2.40. The van der Waals surface area contributed by atoms with Crippen LogP contribution in [0.15, 0.2) is 48.0 Å². The fourth-order valence-electron chi connectivity index (χ4n) is 1.25. The second-order valence-electron chi connectivity index (χ2n) is 3.28. The Labute approximate surface area is 102 Å². The van der Waals surface area contributed by atoms with E-state index in [1.165, 1.54) is 24.5 Å². The van der Waals surface area contributed by atoms with Crippen LogP contribution in [0.5, 0.6) is 0 Å². The Morgan fingerprint density at radius 1 is 1.33 bits per heavy atom. The van der Waals surface area contributed by atoms with E-state index in [4.69, 9.17) is 0 Å². The third-order valence-corrected chi connectivity index (χ3v) is 2.05. The molecule has 0 saturated carbocycles. The van der Waals surface area contributed by atoms with E-state index in [2.05, 4.69) is 20.5 Å². The van der Waals surface area contributed by atoms with Gasteiger partial charge < -0.3 is 0 Å². The van der Waals surface area contributed by atoms with Crippen molar-refractivity contribution in [3.63, 3.8) is 0 Å². The molecule has 0 atom stereocenters. The van der Waals surface area contributed by atoms with Crippen LogP contribution in [0.4, 0.5) is 11.5 Å². The summed E-state index contributed by atoms with van der Waals surface area (Å²) < 4.78 is 0. The number of hydrogen-bond acceptors (Lipinski definition) is 6. The first-order valence-corrected chi connectivity index (χ1v) is 5.06. The van der Waals surface area contributed by atoms with Crippen LogP contribution in [0.2, 0.25) is 0 Å². The summed E-state index contributed by atoms with van der Waals surface area (Å²) in [6.07, 6.45) is 6.23. The maximum absolute atomic E-state index is 10.7. The van der Waals surface area contributed by atoms with Crippen LogP contribution in [0.3, 0.4) is 0 Å². The quantitative estimate of drug-likeness (QED) is 0.502. The summed E-state index contributed by atoms with van der Waals surface area (Å²) >= 11 is 0. The van der Waals surface area contributed by atoms with E-state index in [1.54, 1.807) is 18.5 Å². The summed E-state index contributed by atoms with van der Waals surface area (Å²) in [6.45, 7) is 0. The predicted octanol–water partition coefficient (Wildman–Crippen LogP) is 1.83. The first-order chi connectivity index (χ1) is 8.77. The minimum Gasteiger partial charge on any atom is -0.264 e. The molecule has 7 nitrogen and oxygen atoms in total. The van der Waals surface area contributed by atoms with Crippen LogP contribution in [-0.4, -0.2) is 21.1 Å². The number of rotatable bonds is 4. The summed E-state index contributed by atoms with van der Waals surface area (Å²) in [6, 6.07) is 6.43. The van der Waals surface area contributed by atoms with Gasteiger partial charge in [0.05, 0.1) is 11.1 Å². The van der Waals surface area contributed by atoms with Crippen LogP contribution in [0.25, 0.3) is 0 Å². The highest BCUT2D eigenvalue weighted by atomic mass is 16.6. The number of aromatic nitrogens is 2. The summed E-state index contributed by atoms with van der Waals surface area (Å²) in [4.78, 5) is 18.0. The highest BCUT2D eigenvalue weighted by molar-refractivity contribution is 5.79. The van der Waals surface area contributed by atoms with Gasteiger partial charge in [0.1, 0.15) is 0 Å². The lowest BCUT2D eigenvalue weighted by Gasteiger charge is -1.99. The van der Waals surface area contributed by atoms with Gasteiger partial charge in [0, 0.05) is 30.2 Å². The number of pyridine rings is 2. The monoisotopic (exact) mass is 243 g/mol. The topological polar surface area (TPSA) is 93.3 Å². The van der Waals surface area contributed by atoms with E-state index in [0.717, 1.165) is 5.56 Å². The van der Waals surface area contributed by atoms with Crippen molar-refractivity contribution >= 4 is 17.7 Å². The molecule has 0 spiro atoms. The number of nitrogens with one attached hydrogen (secondary N) is 1. The van der Waals surface area contributed by atoms with Gasteiger partial charge in [0.2, 0.25) is 5.82 Å². The Hall–Kier alpha value is -2.83. The molecule has 2 aromatic rings. The van der Waals surface area contributed by atoms with Gasteiger partial charge in [0.15, 0.2) is 0 Å². The van der Waals surface area contributed by atoms with Crippen LogP contribution in [0, 0.1) is 10.1 Å². The zero-order chi connectivity index (χ0) is 12.8. The molecule has 0 bridgehead atoms. The Bertz CT molecular complexity index is 571. The highest BCUT2D eigenvalue weighted by Crippen LogP contribution is 2.19.